The second-order valence-electron chi connectivity index (χ2n) is 4.30. The highest BCUT2D eigenvalue weighted by Gasteiger charge is 2.21. The van der Waals surface area contributed by atoms with Crippen LogP contribution >= 0.6 is 11.6 Å². The molecule has 4 heteroatoms. The number of nitrogens with one attached hydrogen (secondary N) is 1. The molecule has 1 aliphatic heterocycles. The van der Waals surface area contributed by atoms with Crippen molar-refractivity contribution in [2.75, 3.05) is 24.3 Å². The lowest BCUT2D eigenvalue weighted by Crippen LogP contribution is -2.42. The van der Waals surface area contributed by atoms with Crippen molar-refractivity contribution in [2.45, 2.75) is 18.9 Å². The molecular weight excluding hydrogens is 236 g/mol. The van der Waals surface area contributed by atoms with E-state index in [9.17, 15) is 4.79 Å². The van der Waals surface area contributed by atoms with Crippen LogP contribution in [0.1, 0.15) is 12.8 Å². The second-order valence-corrected chi connectivity index (χ2v) is 4.57. The molecule has 1 heterocycles. The maximum absolute atomic E-state index is 11.4. The summed E-state index contributed by atoms with van der Waals surface area (Å²) in [7, 11) is 0. The number of hydrogen-bond acceptors (Lipinski definition) is 2. The van der Waals surface area contributed by atoms with E-state index in [0.29, 0.717) is 6.04 Å². The van der Waals surface area contributed by atoms with Gasteiger partial charge in [-0.2, -0.15) is 0 Å². The largest absolute Gasteiger partial charge is 0.382 e. The number of para-hydroxylation sites is 1. The van der Waals surface area contributed by atoms with Crippen LogP contribution < -0.4 is 5.32 Å². The van der Waals surface area contributed by atoms with E-state index in [1.807, 2.05) is 23.1 Å². The summed E-state index contributed by atoms with van der Waals surface area (Å²) < 4.78 is 0. The molecule has 0 bridgehead atoms. The number of carbonyl (C=O) groups excluding carboxylic acids is 1. The fourth-order valence-corrected chi connectivity index (χ4v) is 2.30. The summed E-state index contributed by atoms with van der Waals surface area (Å²) in [6, 6.07) is 10.6. The number of anilines is 1. The van der Waals surface area contributed by atoms with E-state index < -0.39 is 0 Å². The molecule has 1 amide bonds. The predicted molar refractivity (Wildman–Crippen MR) is 70.4 cm³/mol. The van der Waals surface area contributed by atoms with E-state index in [1.54, 1.807) is 0 Å². The summed E-state index contributed by atoms with van der Waals surface area (Å²) in [5, 5.41) is 3.49. The zero-order chi connectivity index (χ0) is 12.1. The standard InChI is InChI=1S/C13H17ClN2O/c14-10-13(17)16-8-6-12(7-9-16)15-11-4-2-1-3-5-11/h1-5,12,15H,6-10H2. The molecule has 1 fully saturated rings. The molecule has 0 aromatic heterocycles. The van der Waals surface area contributed by atoms with E-state index in [1.165, 1.54) is 0 Å². The Bertz CT molecular complexity index is 361. The first kappa shape index (κ1) is 12.2. The monoisotopic (exact) mass is 252 g/mol. The Hall–Kier alpha value is -1.22. The number of rotatable bonds is 3. The molecule has 2 rings (SSSR count). The number of hydrogen-bond donors (Lipinski definition) is 1. The number of halogens is 1. The van der Waals surface area contributed by atoms with Gasteiger partial charge in [-0.15, -0.1) is 11.6 Å². The van der Waals surface area contributed by atoms with Crippen LogP contribution in [-0.2, 0) is 4.79 Å². The number of likely N-dealkylation sites (tertiary alicyclic amines) is 1. The second kappa shape index (κ2) is 5.92. The van der Waals surface area contributed by atoms with E-state index in [0.717, 1.165) is 31.6 Å². The van der Waals surface area contributed by atoms with Gasteiger partial charge in [0.25, 0.3) is 0 Å². The zero-order valence-electron chi connectivity index (χ0n) is 9.73. The van der Waals surface area contributed by atoms with E-state index in [2.05, 4.69) is 17.4 Å². The summed E-state index contributed by atoms with van der Waals surface area (Å²) >= 11 is 5.54. The van der Waals surface area contributed by atoms with Crippen molar-refractivity contribution in [1.29, 1.82) is 0 Å². The molecule has 17 heavy (non-hydrogen) atoms. The lowest BCUT2D eigenvalue weighted by molar-refractivity contribution is -0.129. The van der Waals surface area contributed by atoms with Crippen molar-refractivity contribution in [1.82, 2.24) is 4.90 Å². The Morgan fingerprint density at radius 1 is 1.29 bits per heavy atom. The molecule has 0 atom stereocenters. The molecule has 92 valence electrons. The lowest BCUT2D eigenvalue weighted by atomic mass is 10.0. The zero-order valence-corrected chi connectivity index (χ0v) is 10.5. The summed E-state index contributed by atoms with van der Waals surface area (Å²) in [5.74, 6) is 0.140. The number of benzene rings is 1. The van der Waals surface area contributed by atoms with Crippen LogP contribution in [0.3, 0.4) is 0 Å². The number of amides is 1. The van der Waals surface area contributed by atoms with Gasteiger partial charge < -0.3 is 10.2 Å². The first-order valence-electron chi connectivity index (χ1n) is 5.95. The van der Waals surface area contributed by atoms with Crippen LogP contribution in [0.15, 0.2) is 30.3 Å². The van der Waals surface area contributed by atoms with Crippen LogP contribution in [0.2, 0.25) is 0 Å². The SMILES string of the molecule is O=C(CCl)N1CCC(Nc2ccccc2)CC1. The minimum absolute atomic E-state index is 0.0461. The van der Waals surface area contributed by atoms with Crippen LogP contribution in [-0.4, -0.2) is 35.8 Å². The van der Waals surface area contributed by atoms with Crippen molar-refractivity contribution in [3.63, 3.8) is 0 Å². The maximum Gasteiger partial charge on any atom is 0.237 e. The summed E-state index contributed by atoms with van der Waals surface area (Å²) in [5.41, 5.74) is 1.15. The van der Waals surface area contributed by atoms with Crippen molar-refractivity contribution >= 4 is 23.2 Å². The van der Waals surface area contributed by atoms with Crippen molar-refractivity contribution in [2.24, 2.45) is 0 Å². The Labute approximate surface area is 107 Å². The third-order valence-electron chi connectivity index (χ3n) is 3.11. The molecule has 1 N–H and O–H groups in total. The average Bonchev–Trinajstić information content (AvgIpc) is 2.40. The maximum atomic E-state index is 11.4. The molecule has 1 aromatic carbocycles. The van der Waals surface area contributed by atoms with Crippen LogP contribution in [0, 0.1) is 0 Å². The van der Waals surface area contributed by atoms with Crippen LogP contribution in [0.5, 0.6) is 0 Å². The Balaban J connectivity index is 1.82. The first-order chi connectivity index (χ1) is 8.29. The number of carbonyl (C=O) groups is 1. The van der Waals surface area contributed by atoms with Gasteiger partial charge in [-0.1, -0.05) is 18.2 Å². The normalized spacial score (nSPS) is 16.9. The minimum atomic E-state index is 0.0461. The van der Waals surface area contributed by atoms with Gasteiger partial charge in [0, 0.05) is 24.8 Å². The fraction of sp³-hybridized carbons (Fsp3) is 0.462. The first-order valence-corrected chi connectivity index (χ1v) is 6.48. The van der Waals surface area contributed by atoms with Gasteiger partial charge in [0.2, 0.25) is 5.91 Å². The number of alkyl halides is 1. The van der Waals surface area contributed by atoms with Gasteiger partial charge in [0.05, 0.1) is 0 Å². The number of nitrogens with zero attached hydrogens (tertiary/aromatic N) is 1. The fourth-order valence-electron chi connectivity index (χ4n) is 2.13. The summed E-state index contributed by atoms with van der Waals surface area (Å²) in [6.07, 6.45) is 1.97. The third kappa shape index (κ3) is 3.37. The average molecular weight is 253 g/mol. The van der Waals surface area contributed by atoms with Gasteiger partial charge in [-0.25, -0.2) is 0 Å². The highest BCUT2D eigenvalue weighted by Crippen LogP contribution is 2.16. The number of piperidine rings is 1. The predicted octanol–water partition coefficient (Wildman–Crippen LogP) is 2.33. The van der Waals surface area contributed by atoms with E-state index in [4.69, 9.17) is 11.6 Å². The molecule has 0 aliphatic carbocycles. The van der Waals surface area contributed by atoms with Gasteiger partial charge in [-0.05, 0) is 25.0 Å². The van der Waals surface area contributed by atoms with Gasteiger partial charge in [-0.3, -0.25) is 4.79 Å². The van der Waals surface area contributed by atoms with Crippen LogP contribution in [0.4, 0.5) is 5.69 Å². The minimum Gasteiger partial charge on any atom is -0.382 e. The quantitative estimate of drug-likeness (QED) is 0.838. The molecule has 1 aliphatic rings. The van der Waals surface area contributed by atoms with E-state index >= 15 is 0 Å². The molecule has 1 aromatic rings. The summed E-state index contributed by atoms with van der Waals surface area (Å²) in [6.45, 7) is 1.60. The smallest absolute Gasteiger partial charge is 0.237 e. The van der Waals surface area contributed by atoms with Crippen molar-refractivity contribution < 1.29 is 4.79 Å². The molecule has 0 radical (unpaired) electrons. The van der Waals surface area contributed by atoms with Gasteiger partial charge in [0.15, 0.2) is 0 Å². The van der Waals surface area contributed by atoms with Crippen molar-refractivity contribution in [3.05, 3.63) is 30.3 Å². The third-order valence-corrected chi connectivity index (χ3v) is 3.34. The van der Waals surface area contributed by atoms with Gasteiger partial charge >= 0.3 is 0 Å². The molecule has 0 spiro atoms. The summed E-state index contributed by atoms with van der Waals surface area (Å²) in [4.78, 5) is 13.2. The van der Waals surface area contributed by atoms with Gasteiger partial charge in [0.1, 0.15) is 5.88 Å². The molecular formula is C13H17ClN2O. The molecule has 0 saturated carbocycles. The van der Waals surface area contributed by atoms with Crippen molar-refractivity contribution in [3.8, 4) is 0 Å². The highest BCUT2D eigenvalue weighted by atomic mass is 35.5. The molecule has 0 unspecified atom stereocenters. The van der Waals surface area contributed by atoms with Crippen LogP contribution in [0.25, 0.3) is 0 Å². The Kier molecular flexibility index (Phi) is 4.26. The highest BCUT2D eigenvalue weighted by molar-refractivity contribution is 6.27. The van der Waals surface area contributed by atoms with E-state index in [-0.39, 0.29) is 11.8 Å². The Morgan fingerprint density at radius 2 is 1.94 bits per heavy atom. The molecule has 1 saturated heterocycles. The molecule has 3 nitrogen and oxygen atoms in total. The topological polar surface area (TPSA) is 32.3 Å². The Morgan fingerprint density at radius 3 is 2.53 bits per heavy atom. The lowest BCUT2D eigenvalue weighted by Gasteiger charge is -2.32.